The molecule has 2 aromatic rings. The number of nitrogens with zero attached hydrogens (tertiary/aromatic N) is 1. The van der Waals surface area contributed by atoms with Gasteiger partial charge in [0.25, 0.3) is 0 Å². The van der Waals surface area contributed by atoms with Crippen LogP contribution < -0.4 is 4.90 Å². The third-order valence-electron chi connectivity index (χ3n) is 4.90. The van der Waals surface area contributed by atoms with Crippen molar-refractivity contribution in [3.63, 3.8) is 0 Å². The molecule has 0 spiro atoms. The molecule has 4 nitrogen and oxygen atoms in total. The van der Waals surface area contributed by atoms with Gasteiger partial charge >= 0.3 is 5.97 Å². The van der Waals surface area contributed by atoms with Crippen LogP contribution in [0.25, 0.3) is 0 Å². The van der Waals surface area contributed by atoms with Gasteiger partial charge < -0.3 is 9.64 Å². The summed E-state index contributed by atoms with van der Waals surface area (Å²) in [5.41, 5.74) is 4.25. The molecule has 0 aliphatic heterocycles. The Kier molecular flexibility index (Phi) is 7.00. The highest BCUT2D eigenvalue weighted by atomic mass is 16.5. The molecular formula is C24H31NO3. The zero-order valence-corrected chi connectivity index (χ0v) is 17.9. The number of anilines is 1. The highest BCUT2D eigenvalue weighted by Crippen LogP contribution is 2.26. The van der Waals surface area contributed by atoms with Crippen LogP contribution in [-0.2, 0) is 4.74 Å². The van der Waals surface area contributed by atoms with Gasteiger partial charge in [-0.05, 0) is 54.2 Å². The van der Waals surface area contributed by atoms with E-state index in [0.717, 1.165) is 11.3 Å². The minimum Gasteiger partial charge on any atom is -0.451 e. The highest BCUT2D eigenvalue weighted by molar-refractivity contribution is 6.02. The number of rotatable bonds is 7. The minimum atomic E-state index is -0.844. The fourth-order valence-electron chi connectivity index (χ4n) is 3.04. The van der Waals surface area contributed by atoms with Gasteiger partial charge in [-0.3, -0.25) is 4.79 Å². The van der Waals surface area contributed by atoms with Crippen LogP contribution in [0.2, 0.25) is 0 Å². The summed E-state index contributed by atoms with van der Waals surface area (Å²) in [5.74, 6) is -0.0607. The van der Waals surface area contributed by atoms with Gasteiger partial charge in [-0.2, -0.15) is 0 Å². The van der Waals surface area contributed by atoms with Crippen molar-refractivity contribution in [2.24, 2.45) is 0 Å². The normalized spacial score (nSPS) is 12.2. The van der Waals surface area contributed by atoms with Crippen LogP contribution in [0.3, 0.4) is 0 Å². The number of esters is 1. The molecule has 1 unspecified atom stereocenters. The Morgan fingerprint density at radius 3 is 1.96 bits per heavy atom. The molecule has 0 aromatic heterocycles. The number of ketones is 1. The number of hydrogen-bond acceptors (Lipinski definition) is 4. The van der Waals surface area contributed by atoms with Crippen molar-refractivity contribution in [2.45, 2.75) is 52.6 Å². The van der Waals surface area contributed by atoms with Crippen molar-refractivity contribution in [3.8, 4) is 0 Å². The second-order valence-corrected chi connectivity index (χ2v) is 8.01. The van der Waals surface area contributed by atoms with Crippen LogP contribution in [0.5, 0.6) is 0 Å². The predicted octanol–water partition coefficient (Wildman–Crippen LogP) is 5.43. The largest absolute Gasteiger partial charge is 0.451 e. The fourth-order valence-corrected chi connectivity index (χ4v) is 3.04. The summed E-state index contributed by atoms with van der Waals surface area (Å²) in [6.45, 7) is 10.0. The molecule has 0 N–H and O–H groups in total. The molecule has 0 bridgehead atoms. The van der Waals surface area contributed by atoms with Crippen LogP contribution >= 0.6 is 0 Å². The third kappa shape index (κ3) is 5.00. The molecule has 1 atom stereocenters. The zero-order chi connectivity index (χ0) is 21.0. The first kappa shape index (κ1) is 21.7. The molecule has 2 rings (SSSR count). The molecule has 28 heavy (non-hydrogen) atoms. The third-order valence-corrected chi connectivity index (χ3v) is 4.90. The van der Waals surface area contributed by atoms with Crippen LogP contribution in [-0.4, -0.2) is 32.0 Å². The van der Waals surface area contributed by atoms with Crippen molar-refractivity contribution in [2.75, 3.05) is 19.0 Å². The van der Waals surface area contributed by atoms with E-state index in [4.69, 9.17) is 4.74 Å². The molecule has 0 saturated heterocycles. The molecule has 0 heterocycles. The summed E-state index contributed by atoms with van der Waals surface area (Å²) in [7, 11) is 3.87. The second kappa shape index (κ2) is 9.05. The molecule has 0 amide bonds. The standard InChI is InChI=1S/C24H31NO3/c1-15(2)19-10-13-21(22(14-19)16(3)4)23(26)17(5)28-24(27)18-8-11-20(12-9-18)25(6)7/h8-17H,1-7H3. The van der Waals surface area contributed by atoms with E-state index >= 15 is 0 Å². The Balaban J connectivity index is 2.19. The van der Waals surface area contributed by atoms with Gasteiger partial charge in [0.05, 0.1) is 5.56 Å². The van der Waals surface area contributed by atoms with Gasteiger partial charge in [-0.25, -0.2) is 4.79 Å². The summed E-state index contributed by atoms with van der Waals surface area (Å²) in [4.78, 5) is 27.4. The monoisotopic (exact) mass is 381 g/mol. The Morgan fingerprint density at radius 2 is 1.46 bits per heavy atom. The first-order chi connectivity index (χ1) is 13.1. The Morgan fingerprint density at radius 1 is 0.857 bits per heavy atom. The van der Waals surface area contributed by atoms with E-state index in [1.807, 2.05) is 43.3 Å². The fraction of sp³-hybridized carbons (Fsp3) is 0.417. The zero-order valence-electron chi connectivity index (χ0n) is 17.9. The quantitative estimate of drug-likeness (QED) is 0.474. The van der Waals surface area contributed by atoms with Gasteiger partial charge in [-0.1, -0.05) is 45.9 Å². The first-order valence-corrected chi connectivity index (χ1v) is 9.78. The lowest BCUT2D eigenvalue weighted by atomic mass is 9.89. The van der Waals surface area contributed by atoms with Gasteiger partial charge in [0.1, 0.15) is 0 Å². The lowest BCUT2D eigenvalue weighted by molar-refractivity contribution is 0.0318. The maximum absolute atomic E-state index is 13.0. The van der Waals surface area contributed by atoms with E-state index < -0.39 is 12.1 Å². The Labute approximate surface area is 168 Å². The molecule has 4 heteroatoms. The van der Waals surface area contributed by atoms with Gasteiger partial charge in [0.2, 0.25) is 5.78 Å². The van der Waals surface area contributed by atoms with Crippen molar-refractivity contribution >= 4 is 17.4 Å². The molecule has 0 aliphatic rings. The molecule has 150 valence electrons. The van der Waals surface area contributed by atoms with Crippen molar-refractivity contribution in [3.05, 3.63) is 64.7 Å². The Bertz CT molecular complexity index is 835. The van der Waals surface area contributed by atoms with Gasteiger partial charge in [0, 0.05) is 25.3 Å². The minimum absolute atomic E-state index is 0.169. The summed E-state index contributed by atoms with van der Waals surface area (Å²) >= 11 is 0. The molecular weight excluding hydrogens is 350 g/mol. The Hall–Kier alpha value is -2.62. The molecule has 0 saturated carbocycles. The molecule has 0 radical (unpaired) electrons. The maximum Gasteiger partial charge on any atom is 0.338 e. The topological polar surface area (TPSA) is 46.6 Å². The number of hydrogen-bond donors (Lipinski definition) is 0. The van der Waals surface area contributed by atoms with E-state index in [9.17, 15) is 9.59 Å². The first-order valence-electron chi connectivity index (χ1n) is 9.78. The van der Waals surface area contributed by atoms with Crippen LogP contribution in [0, 0.1) is 0 Å². The molecule has 0 aliphatic carbocycles. The smallest absolute Gasteiger partial charge is 0.338 e. The lowest BCUT2D eigenvalue weighted by Gasteiger charge is -2.19. The summed E-state index contributed by atoms with van der Waals surface area (Å²) in [5, 5.41) is 0. The van der Waals surface area contributed by atoms with E-state index in [0.29, 0.717) is 17.0 Å². The SMILES string of the molecule is CC(OC(=O)c1ccc(N(C)C)cc1)C(=O)c1ccc(C(C)C)cc1C(C)C. The average Bonchev–Trinajstić information content (AvgIpc) is 2.66. The van der Waals surface area contributed by atoms with Crippen LogP contribution in [0.4, 0.5) is 5.69 Å². The molecule has 0 fully saturated rings. The number of Topliss-reactive ketones (excluding diaryl/α,β-unsaturated/α-hetero) is 1. The van der Waals surface area contributed by atoms with E-state index in [2.05, 4.69) is 33.8 Å². The van der Waals surface area contributed by atoms with Crippen LogP contribution in [0.15, 0.2) is 42.5 Å². The van der Waals surface area contributed by atoms with E-state index in [1.54, 1.807) is 19.1 Å². The van der Waals surface area contributed by atoms with E-state index in [1.165, 1.54) is 5.56 Å². The van der Waals surface area contributed by atoms with E-state index in [-0.39, 0.29) is 11.7 Å². The number of carbonyl (C=O) groups is 2. The van der Waals surface area contributed by atoms with Gasteiger partial charge in [0.15, 0.2) is 6.10 Å². The summed E-state index contributed by atoms with van der Waals surface area (Å²) in [6, 6.07) is 13.1. The summed E-state index contributed by atoms with van der Waals surface area (Å²) in [6.07, 6.45) is -0.844. The average molecular weight is 382 g/mol. The molecule has 2 aromatic carbocycles. The lowest BCUT2D eigenvalue weighted by Crippen LogP contribution is -2.25. The van der Waals surface area contributed by atoms with Crippen molar-refractivity contribution in [1.82, 2.24) is 0 Å². The highest BCUT2D eigenvalue weighted by Gasteiger charge is 2.24. The number of ether oxygens (including phenoxy) is 1. The van der Waals surface area contributed by atoms with Gasteiger partial charge in [-0.15, -0.1) is 0 Å². The predicted molar refractivity (Wildman–Crippen MR) is 115 cm³/mol. The number of benzene rings is 2. The van der Waals surface area contributed by atoms with Crippen molar-refractivity contribution in [1.29, 1.82) is 0 Å². The second-order valence-electron chi connectivity index (χ2n) is 8.01. The van der Waals surface area contributed by atoms with Crippen LogP contribution in [0.1, 0.15) is 78.3 Å². The van der Waals surface area contributed by atoms with Crippen molar-refractivity contribution < 1.29 is 14.3 Å². The number of carbonyl (C=O) groups excluding carboxylic acids is 2. The summed E-state index contributed by atoms with van der Waals surface area (Å²) < 4.78 is 5.46. The maximum atomic E-state index is 13.0.